The smallest absolute Gasteiger partial charge is 0.250 e. The lowest BCUT2D eigenvalue weighted by Crippen LogP contribution is -2.24. The molecule has 0 unspecified atom stereocenters. The van der Waals surface area contributed by atoms with Gasteiger partial charge in [-0.15, -0.1) is 0 Å². The van der Waals surface area contributed by atoms with Crippen LogP contribution < -0.4 is 15.6 Å². The summed E-state index contributed by atoms with van der Waals surface area (Å²) in [4.78, 5) is 24.0. The van der Waals surface area contributed by atoms with E-state index in [1.54, 1.807) is 30.0 Å². The first-order chi connectivity index (χ1) is 13.5. The van der Waals surface area contributed by atoms with Crippen LogP contribution in [-0.2, 0) is 24.3 Å². The molecule has 3 rings (SSSR count). The average molecular weight is 376 g/mol. The van der Waals surface area contributed by atoms with Gasteiger partial charge in [0.05, 0.1) is 20.1 Å². The molecule has 5 heteroatoms. The summed E-state index contributed by atoms with van der Waals surface area (Å²) in [5, 5.41) is 2.94. The second-order valence-electron chi connectivity index (χ2n) is 6.74. The predicted octanol–water partition coefficient (Wildman–Crippen LogP) is 3.07. The lowest BCUT2D eigenvalue weighted by atomic mass is 10.1. The number of carbonyl (C=O) groups excluding carboxylic acids is 1. The number of methoxy groups -OCH3 is 1. The molecule has 0 aliphatic heterocycles. The van der Waals surface area contributed by atoms with E-state index in [0.29, 0.717) is 19.5 Å². The predicted molar refractivity (Wildman–Crippen MR) is 110 cm³/mol. The highest BCUT2D eigenvalue weighted by molar-refractivity contribution is 5.78. The molecule has 0 saturated carbocycles. The van der Waals surface area contributed by atoms with Crippen LogP contribution in [0.4, 0.5) is 0 Å². The highest BCUT2D eigenvalue weighted by Gasteiger charge is 2.06. The van der Waals surface area contributed by atoms with Crippen molar-refractivity contribution < 1.29 is 9.53 Å². The molecular formula is C23H24N2O3. The number of hydrogen-bond acceptors (Lipinski definition) is 3. The average Bonchev–Trinajstić information content (AvgIpc) is 2.70. The molecule has 0 saturated heterocycles. The van der Waals surface area contributed by atoms with Crippen molar-refractivity contribution >= 4 is 5.91 Å². The first-order valence-electron chi connectivity index (χ1n) is 9.18. The van der Waals surface area contributed by atoms with Gasteiger partial charge >= 0.3 is 0 Å². The number of nitrogens with one attached hydrogen (secondary N) is 1. The lowest BCUT2D eigenvalue weighted by molar-refractivity contribution is -0.120. The highest BCUT2D eigenvalue weighted by Crippen LogP contribution is 2.19. The minimum Gasteiger partial charge on any atom is -0.496 e. The van der Waals surface area contributed by atoms with Crippen LogP contribution in [0.1, 0.15) is 22.3 Å². The summed E-state index contributed by atoms with van der Waals surface area (Å²) in [6.07, 6.45) is 2.09. The van der Waals surface area contributed by atoms with Gasteiger partial charge in [-0.2, -0.15) is 0 Å². The Morgan fingerprint density at radius 2 is 1.71 bits per heavy atom. The molecule has 1 heterocycles. The Morgan fingerprint density at radius 1 is 1.00 bits per heavy atom. The van der Waals surface area contributed by atoms with Gasteiger partial charge in [-0.25, -0.2) is 0 Å². The largest absolute Gasteiger partial charge is 0.496 e. The van der Waals surface area contributed by atoms with Gasteiger partial charge < -0.3 is 14.6 Å². The van der Waals surface area contributed by atoms with E-state index < -0.39 is 0 Å². The third-order valence-corrected chi connectivity index (χ3v) is 4.60. The third kappa shape index (κ3) is 5.10. The first-order valence-corrected chi connectivity index (χ1v) is 9.18. The maximum atomic E-state index is 12.2. The van der Waals surface area contributed by atoms with Gasteiger partial charge in [-0.3, -0.25) is 9.59 Å². The zero-order chi connectivity index (χ0) is 19.9. The van der Waals surface area contributed by atoms with Crippen LogP contribution in [0.15, 0.2) is 71.7 Å². The van der Waals surface area contributed by atoms with E-state index in [2.05, 4.69) is 5.32 Å². The number of nitrogens with zero attached hydrogens (tertiary/aromatic N) is 1. The Bertz CT molecular complexity index is 1010. The molecule has 0 radical (unpaired) electrons. The molecule has 5 nitrogen and oxygen atoms in total. The van der Waals surface area contributed by atoms with Crippen LogP contribution in [0, 0.1) is 6.92 Å². The number of carbonyl (C=O) groups is 1. The number of aryl methyl sites for hydroxylation is 1. The van der Waals surface area contributed by atoms with Crippen LogP contribution >= 0.6 is 0 Å². The normalized spacial score (nSPS) is 10.5. The SMILES string of the molecule is COc1cc(CC(=O)NCc2ccc(Cn3ccccc3=O)cc2)ccc1C. The minimum absolute atomic E-state index is 0.0217. The van der Waals surface area contributed by atoms with Gasteiger partial charge in [0.2, 0.25) is 5.91 Å². The summed E-state index contributed by atoms with van der Waals surface area (Å²) in [6, 6.07) is 18.8. The lowest BCUT2D eigenvalue weighted by Gasteiger charge is -2.09. The van der Waals surface area contributed by atoms with Crippen molar-refractivity contribution in [1.29, 1.82) is 0 Å². The van der Waals surface area contributed by atoms with E-state index in [1.165, 1.54) is 0 Å². The zero-order valence-electron chi connectivity index (χ0n) is 16.1. The molecule has 0 aliphatic rings. The summed E-state index contributed by atoms with van der Waals surface area (Å²) in [5.41, 5.74) is 3.99. The van der Waals surface area contributed by atoms with Gasteiger partial charge in [0, 0.05) is 18.8 Å². The van der Waals surface area contributed by atoms with E-state index in [-0.39, 0.29) is 11.5 Å². The molecule has 28 heavy (non-hydrogen) atoms. The molecule has 1 amide bonds. The van der Waals surface area contributed by atoms with Gasteiger partial charge in [-0.05, 0) is 41.3 Å². The first kappa shape index (κ1) is 19.4. The van der Waals surface area contributed by atoms with Crippen molar-refractivity contribution in [2.45, 2.75) is 26.4 Å². The standard InChI is InChI=1S/C23H24N2O3/c1-17-6-7-20(13-21(17)28-2)14-22(26)24-15-18-8-10-19(11-9-18)16-25-12-4-3-5-23(25)27/h3-13H,14-16H2,1-2H3,(H,24,26). The number of pyridine rings is 1. The van der Waals surface area contributed by atoms with Crippen molar-refractivity contribution in [1.82, 2.24) is 9.88 Å². The van der Waals surface area contributed by atoms with Crippen molar-refractivity contribution in [2.24, 2.45) is 0 Å². The van der Waals surface area contributed by atoms with Gasteiger partial charge in [-0.1, -0.05) is 42.5 Å². The van der Waals surface area contributed by atoms with Crippen molar-refractivity contribution in [3.8, 4) is 5.75 Å². The Morgan fingerprint density at radius 3 is 2.43 bits per heavy atom. The van der Waals surface area contributed by atoms with Crippen molar-refractivity contribution in [3.05, 3.63) is 99.5 Å². The Labute approximate surface area is 164 Å². The zero-order valence-corrected chi connectivity index (χ0v) is 16.1. The molecule has 0 bridgehead atoms. The van der Waals surface area contributed by atoms with Crippen LogP contribution in [0.25, 0.3) is 0 Å². The van der Waals surface area contributed by atoms with E-state index >= 15 is 0 Å². The number of rotatable bonds is 7. The molecule has 3 aromatic rings. The quantitative estimate of drug-likeness (QED) is 0.689. The Hall–Kier alpha value is -3.34. The molecule has 0 spiro atoms. The number of ether oxygens (including phenoxy) is 1. The van der Waals surface area contributed by atoms with E-state index in [0.717, 1.165) is 28.0 Å². The molecule has 0 aliphatic carbocycles. The topological polar surface area (TPSA) is 60.3 Å². The maximum Gasteiger partial charge on any atom is 0.250 e. The number of amides is 1. The van der Waals surface area contributed by atoms with Gasteiger partial charge in [0.25, 0.3) is 5.56 Å². The second kappa shape index (κ2) is 9.04. The summed E-state index contributed by atoms with van der Waals surface area (Å²) in [5.74, 6) is 0.754. The number of aromatic nitrogens is 1. The molecule has 2 aromatic carbocycles. The maximum absolute atomic E-state index is 12.2. The fourth-order valence-electron chi connectivity index (χ4n) is 2.97. The van der Waals surface area contributed by atoms with Crippen LogP contribution in [-0.4, -0.2) is 17.6 Å². The van der Waals surface area contributed by atoms with Crippen molar-refractivity contribution in [3.63, 3.8) is 0 Å². The summed E-state index contributed by atoms with van der Waals surface area (Å²) in [6.45, 7) is 2.97. The Kier molecular flexibility index (Phi) is 6.27. The van der Waals surface area contributed by atoms with Gasteiger partial charge in [0.1, 0.15) is 5.75 Å². The van der Waals surface area contributed by atoms with E-state index in [9.17, 15) is 9.59 Å². The van der Waals surface area contributed by atoms with Crippen LogP contribution in [0.5, 0.6) is 5.75 Å². The minimum atomic E-state index is -0.0363. The molecule has 144 valence electrons. The molecule has 1 aromatic heterocycles. The second-order valence-corrected chi connectivity index (χ2v) is 6.74. The molecular weight excluding hydrogens is 352 g/mol. The number of benzene rings is 2. The number of hydrogen-bond donors (Lipinski definition) is 1. The fourth-order valence-corrected chi connectivity index (χ4v) is 2.97. The summed E-state index contributed by atoms with van der Waals surface area (Å²) in [7, 11) is 1.63. The van der Waals surface area contributed by atoms with E-state index in [1.807, 2.05) is 55.5 Å². The fraction of sp³-hybridized carbons (Fsp3) is 0.217. The summed E-state index contributed by atoms with van der Waals surface area (Å²) >= 11 is 0. The summed E-state index contributed by atoms with van der Waals surface area (Å²) < 4.78 is 6.96. The van der Waals surface area contributed by atoms with Crippen molar-refractivity contribution in [2.75, 3.05) is 7.11 Å². The van der Waals surface area contributed by atoms with Gasteiger partial charge in [0.15, 0.2) is 0 Å². The molecule has 0 atom stereocenters. The monoisotopic (exact) mass is 376 g/mol. The molecule has 1 N–H and O–H groups in total. The molecule has 0 fully saturated rings. The Balaban J connectivity index is 1.54. The van der Waals surface area contributed by atoms with Crippen LogP contribution in [0.2, 0.25) is 0 Å². The van der Waals surface area contributed by atoms with E-state index in [4.69, 9.17) is 4.74 Å². The third-order valence-electron chi connectivity index (χ3n) is 4.60. The van der Waals surface area contributed by atoms with Crippen LogP contribution in [0.3, 0.4) is 0 Å². The highest BCUT2D eigenvalue weighted by atomic mass is 16.5.